The van der Waals surface area contributed by atoms with Gasteiger partial charge in [-0.15, -0.1) is 0 Å². The number of aromatic amines is 1. The van der Waals surface area contributed by atoms with Crippen LogP contribution in [0, 0.1) is 0 Å². The number of hydrogen-bond acceptors (Lipinski definition) is 4. The van der Waals surface area contributed by atoms with Gasteiger partial charge in [0.2, 0.25) is 5.91 Å². The second-order valence-corrected chi connectivity index (χ2v) is 7.16. The molecule has 4 rings (SSSR count). The van der Waals surface area contributed by atoms with Crippen LogP contribution in [0.3, 0.4) is 0 Å². The van der Waals surface area contributed by atoms with Crippen LogP contribution in [0.5, 0.6) is 0 Å². The molecule has 1 aliphatic heterocycles. The summed E-state index contributed by atoms with van der Waals surface area (Å²) in [5, 5.41) is 2.37. The van der Waals surface area contributed by atoms with Crippen molar-refractivity contribution in [2.45, 2.75) is 5.25 Å². The van der Waals surface area contributed by atoms with Crippen molar-refractivity contribution >= 4 is 57.1 Å². The van der Waals surface area contributed by atoms with E-state index < -0.39 is 5.25 Å². The standard InChI is InChI=1S/C16H9Cl2N3O2S/c17-9-5-11-12(6-10(9)18)20-14(19-11)8-3-1-7(2-4-8)13-15(22)21-16(23)24-13/h1-6,13H,(H,19,20)(H,21,22,23). The van der Waals surface area contributed by atoms with E-state index in [1.54, 1.807) is 12.1 Å². The van der Waals surface area contributed by atoms with Gasteiger partial charge in [-0.2, -0.15) is 0 Å². The maximum Gasteiger partial charge on any atom is 0.286 e. The van der Waals surface area contributed by atoms with Gasteiger partial charge in [0.1, 0.15) is 11.1 Å². The molecule has 1 aliphatic rings. The monoisotopic (exact) mass is 377 g/mol. The highest BCUT2D eigenvalue weighted by molar-refractivity contribution is 8.15. The summed E-state index contributed by atoms with van der Waals surface area (Å²) >= 11 is 13.0. The van der Waals surface area contributed by atoms with Gasteiger partial charge in [0.25, 0.3) is 5.24 Å². The number of thioether (sulfide) groups is 1. The van der Waals surface area contributed by atoms with Crippen molar-refractivity contribution in [3.63, 3.8) is 0 Å². The van der Waals surface area contributed by atoms with Gasteiger partial charge >= 0.3 is 0 Å². The number of nitrogens with one attached hydrogen (secondary N) is 2. The van der Waals surface area contributed by atoms with E-state index in [9.17, 15) is 9.59 Å². The van der Waals surface area contributed by atoms with Crippen molar-refractivity contribution in [1.29, 1.82) is 0 Å². The Balaban J connectivity index is 1.68. The molecule has 0 aliphatic carbocycles. The summed E-state index contributed by atoms with van der Waals surface area (Å²) in [6.07, 6.45) is 0. The second kappa shape index (κ2) is 5.81. The lowest BCUT2D eigenvalue weighted by Crippen LogP contribution is -2.20. The summed E-state index contributed by atoms with van der Waals surface area (Å²) in [6, 6.07) is 10.8. The molecule has 0 saturated carbocycles. The van der Waals surface area contributed by atoms with Crippen molar-refractivity contribution in [3.05, 3.63) is 52.0 Å². The molecule has 2 amide bonds. The number of nitrogens with zero attached hydrogens (tertiary/aromatic N) is 1. The van der Waals surface area contributed by atoms with Crippen LogP contribution in [0.4, 0.5) is 4.79 Å². The summed E-state index contributed by atoms with van der Waals surface area (Å²) in [5.74, 6) is 0.389. The number of benzene rings is 2. The Kier molecular flexibility index (Phi) is 3.75. The minimum Gasteiger partial charge on any atom is -0.338 e. The topological polar surface area (TPSA) is 74.8 Å². The molecule has 2 heterocycles. The number of aromatic nitrogens is 2. The van der Waals surface area contributed by atoms with Crippen LogP contribution >= 0.6 is 35.0 Å². The van der Waals surface area contributed by atoms with Crippen LogP contribution in [0.25, 0.3) is 22.4 Å². The van der Waals surface area contributed by atoms with Crippen LogP contribution in [0.1, 0.15) is 10.8 Å². The van der Waals surface area contributed by atoms with Crippen molar-refractivity contribution in [2.24, 2.45) is 0 Å². The molecule has 3 aromatic rings. The molecular formula is C16H9Cl2N3O2S. The van der Waals surface area contributed by atoms with E-state index >= 15 is 0 Å². The molecule has 1 aromatic heterocycles. The predicted molar refractivity (Wildman–Crippen MR) is 95.4 cm³/mol. The number of amides is 2. The Morgan fingerprint density at radius 3 is 2.42 bits per heavy atom. The molecule has 1 atom stereocenters. The van der Waals surface area contributed by atoms with Crippen LogP contribution in [0.15, 0.2) is 36.4 Å². The van der Waals surface area contributed by atoms with Crippen molar-refractivity contribution < 1.29 is 9.59 Å². The number of halogens is 2. The number of hydrogen-bond donors (Lipinski definition) is 2. The number of imidazole rings is 1. The lowest BCUT2D eigenvalue weighted by atomic mass is 10.1. The van der Waals surface area contributed by atoms with Crippen molar-refractivity contribution in [1.82, 2.24) is 15.3 Å². The third-order valence-electron chi connectivity index (χ3n) is 3.70. The van der Waals surface area contributed by atoms with Crippen LogP contribution in [-0.2, 0) is 4.79 Å². The fourth-order valence-electron chi connectivity index (χ4n) is 2.53. The van der Waals surface area contributed by atoms with Crippen LogP contribution < -0.4 is 5.32 Å². The first-order valence-corrected chi connectivity index (χ1v) is 8.61. The van der Waals surface area contributed by atoms with E-state index in [0.29, 0.717) is 15.9 Å². The normalized spacial score (nSPS) is 17.5. The van der Waals surface area contributed by atoms with Crippen molar-refractivity contribution in [3.8, 4) is 11.4 Å². The Hall–Kier alpha value is -2.02. The van der Waals surface area contributed by atoms with Gasteiger partial charge in [0.15, 0.2) is 0 Å². The van der Waals surface area contributed by atoms with Gasteiger partial charge in [-0.05, 0) is 29.5 Å². The van der Waals surface area contributed by atoms with E-state index in [2.05, 4.69) is 15.3 Å². The minimum absolute atomic E-state index is 0.286. The number of rotatable bonds is 2. The summed E-state index contributed by atoms with van der Waals surface area (Å²) in [7, 11) is 0. The molecule has 2 N–H and O–H groups in total. The van der Waals surface area contributed by atoms with Crippen LogP contribution in [-0.4, -0.2) is 21.1 Å². The predicted octanol–water partition coefficient (Wildman–Crippen LogP) is 4.56. The maximum atomic E-state index is 11.7. The van der Waals surface area contributed by atoms with Gasteiger partial charge in [0.05, 0.1) is 21.1 Å². The zero-order valence-electron chi connectivity index (χ0n) is 12.0. The summed E-state index contributed by atoms with van der Waals surface area (Å²) in [6.45, 7) is 0. The number of fused-ring (bicyclic) bond motifs is 1. The molecule has 1 unspecified atom stereocenters. The minimum atomic E-state index is -0.500. The highest BCUT2D eigenvalue weighted by Crippen LogP contribution is 2.35. The Morgan fingerprint density at radius 2 is 1.75 bits per heavy atom. The second-order valence-electron chi connectivity index (χ2n) is 5.27. The van der Waals surface area contributed by atoms with Gasteiger partial charge in [-0.25, -0.2) is 4.98 Å². The molecule has 5 nitrogen and oxygen atoms in total. The number of imide groups is 1. The number of H-pyrrole nitrogens is 1. The van der Waals surface area contributed by atoms with Gasteiger partial charge in [-0.3, -0.25) is 14.9 Å². The average Bonchev–Trinajstić information content (AvgIpc) is 3.10. The average molecular weight is 378 g/mol. The van der Waals surface area contributed by atoms with Crippen molar-refractivity contribution in [2.75, 3.05) is 0 Å². The summed E-state index contributed by atoms with van der Waals surface area (Å²) in [5.41, 5.74) is 3.14. The molecule has 1 fully saturated rings. The quantitative estimate of drug-likeness (QED) is 0.686. The summed E-state index contributed by atoms with van der Waals surface area (Å²) < 4.78 is 0. The summed E-state index contributed by atoms with van der Waals surface area (Å²) in [4.78, 5) is 30.7. The molecule has 0 spiro atoms. The molecule has 24 heavy (non-hydrogen) atoms. The van der Waals surface area contributed by atoms with E-state index in [-0.39, 0.29) is 11.1 Å². The van der Waals surface area contributed by atoms with Gasteiger partial charge in [-0.1, -0.05) is 47.5 Å². The highest BCUT2D eigenvalue weighted by Gasteiger charge is 2.32. The van der Waals surface area contributed by atoms with E-state index in [4.69, 9.17) is 23.2 Å². The first-order chi connectivity index (χ1) is 11.5. The SMILES string of the molecule is O=C1NC(=O)C(c2ccc(-c3nc4cc(Cl)c(Cl)cc4[nH]3)cc2)S1. The molecule has 8 heteroatoms. The van der Waals surface area contributed by atoms with E-state index in [0.717, 1.165) is 33.9 Å². The first kappa shape index (κ1) is 15.5. The van der Waals surface area contributed by atoms with Gasteiger partial charge in [0, 0.05) is 5.56 Å². The smallest absolute Gasteiger partial charge is 0.286 e. The van der Waals surface area contributed by atoms with Gasteiger partial charge < -0.3 is 4.98 Å². The number of carbonyl (C=O) groups is 2. The lowest BCUT2D eigenvalue weighted by Gasteiger charge is -2.06. The largest absolute Gasteiger partial charge is 0.338 e. The zero-order valence-corrected chi connectivity index (χ0v) is 14.3. The highest BCUT2D eigenvalue weighted by atomic mass is 35.5. The Morgan fingerprint density at radius 1 is 1.04 bits per heavy atom. The third kappa shape index (κ3) is 2.66. The zero-order chi connectivity index (χ0) is 16.8. The molecule has 0 bridgehead atoms. The van der Waals surface area contributed by atoms with E-state index in [1.165, 1.54) is 0 Å². The van der Waals surface area contributed by atoms with Crippen LogP contribution in [0.2, 0.25) is 10.0 Å². The lowest BCUT2D eigenvalue weighted by molar-refractivity contribution is -0.119. The Labute approximate surface area is 150 Å². The first-order valence-electron chi connectivity index (χ1n) is 6.98. The maximum absolute atomic E-state index is 11.7. The fourth-order valence-corrected chi connectivity index (χ4v) is 3.69. The van der Waals surface area contributed by atoms with E-state index in [1.807, 2.05) is 24.3 Å². The molecule has 2 aromatic carbocycles. The molecule has 0 radical (unpaired) electrons. The number of carbonyl (C=O) groups excluding carboxylic acids is 2. The third-order valence-corrected chi connectivity index (χ3v) is 5.46. The molecule has 120 valence electrons. The Bertz CT molecular complexity index is 946. The molecule has 1 saturated heterocycles. The fraction of sp³-hybridized carbons (Fsp3) is 0.0625. The molecular weight excluding hydrogens is 369 g/mol.